The molecular weight excluding hydrogens is 428 g/mol. The van der Waals surface area contributed by atoms with E-state index in [0.717, 1.165) is 12.8 Å². The van der Waals surface area contributed by atoms with Crippen LogP contribution in [0, 0.1) is 0 Å². The molecule has 1 saturated heterocycles. The van der Waals surface area contributed by atoms with Gasteiger partial charge in [0.05, 0.1) is 19.3 Å². The molecule has 2 aromatic carbocycles. The van der Waals surface area contributed by atoms with Crippen LogP contribution in [0.4, 0.5) is 4.79 Å². The SMILES string of the molecule is C.CCOC(=O)N[C@@H](CO)CC(=O)N1CCC(=C2c3ccccc3C=Cc3ccccc32)CC1. The lowest BCUT2D eigenvalue weighted by Gasteiger charge is -2.31. The van der Waals surface area contributed by atoms with E-state index in [0.29, 0.717) is 13.1 Å². The Hall–Kier alpha value is -3.38. The predicted molar refractivity (Wildman–Crippen MR) is 136 cm³/mol. The summed E-state index contributed by atoms with van der Waals surface area (Å²) in [6.07, 6.45) is 5.36. The van der Waals surface area contributed by atoms with Crippen LogP contribution in [0.1, 0.15) is 55.9 Å². The second-order valence-electron chi connectivity index (χ2n) is 8.32. The highest BCUT2D eigenvalue weighted by Crippen LogP contribution is 2.38. The maximum absolute atomic E-state index is 12.8. The number of hydrogen-bond acceptors (Lipinski definition) is 4. The molecule has 6 nitrogen and oxygen atoms in total. The average molecular weight is 463 g/mol. The number of nitrogens with one attached hydrogen (secondary N) is 1. The van der Waals surface area contributed by atoms with E-state index in [1.165, 1.54) is 33.4 Å². The average Bonchev–Trinajstić information content (AvgIpc) is 3.01. The van der Waals surface area contributed by atoms with Crippen LogP contribution in [0.25, 0.3) is 17.7 Å². The first kappa shape index (κ1) is 25.2. The van der Waals surface area contributed by atoms with Gasteiger partial charge in [-0.05, 0) is 47.6 Å². The number of amides is 2. The highest BCUT2D eigenvalue weighted by atomic mass is 16.5. The van der Waals surface area contributed by atoms with Gasteiger partial charge in [-0.25, -0.2) is 4.79 Å². The molecule has 2 aromatic rings. The number of aliphatic hydroxyl groups excluding tert-OH is 1. The highest BCUT2D eigenvalue weighted by Gasteiger charge is 2.26. The van der Waals surface area contributed by atoms with E-state index >= 15 is 0 Å². The third-order valence-corrected chi connectivity index (χ3v) is 6.21. The van der Waals surface area contributed by atoms with Gasteiger partial charge in [0.1, 0.15) is 0 Å². The minimum atomic E-state index is -0.650. The maximum atomic E-state index is 12.8. The number of hydrogen-bond donors (Lipinski definition) is 2. The molecule has 0 saturated carbocycles. The quantitative estimate of drug-likeness (QED) is 0.575. The van der Waals surface area contributed by atoms with Crippen molar-refractivity contribution in [1.82, 2.24) is 10.2 Å². The van der Waals surface area contributed by atoms with Crippen molar-refractivity contribution < 1.29 is 19.4 Å². The van der Waals surface area contributed by atoms with Gasteiger partial charge in [-0.2, -0.15) is 0 Å². The standard InChI is InChI=1S/C27H30N2O4.CH4/c1-2-33-27(32)28-22(18-30)17-25(31)29-15-13-21(14-16-29)26-23-9-5-3-7-19(23)11-12-20-8-4-6-10-24(20)26;/h3-12,22,30H,2,13-18H2,1H3,(H,28,32);1H4/t22-;/m1./s1. The smallest absolute Gasteiger partial charge is 0.407 e. The molecule has 2 amide bonds. The van der Waals surface area contributed by atoms with E-state index < -0.39 is 12.1 Å². The van der Waals surface area contributed by atoms with Crippen LogP contribution in [0.3, 0.4) is 0 Å². The predicted octanol–water partition coefficient (Wildman–Crippen LogP) is 4.73. The zero-order valence-electron chi connectivity index (χ0n) is 18.9. The molecule has 0 bridgehead atoms. The van der Waals surface area contributed by atoms with Crippen molar-refractivity contribution in [2.75, 3.05) is 26.3 Å². The van der Waals surface area contributed by atoms with Crippen LogP contribution in [0.2, 0.25) is 0 Å². The second-order valence-corrected chi connectivity index (χ2v) is 8.32. The van der Waals surface area contributed by atoms with Gasteiger partial charge in [-0.1, -0.05) is 73.7 Å². The Morgan fingerprint density at radius 1 is 1.00 bits per heavy atom. The Balaban J connectivity index is 0.00000324. The number of carbonyl (C=O) groups is 2. The van der Waals surface area contributed by atoms with Gasteiger partial charge < -0.3 is 20.1 Å². The molecule has 1 fully saturated rings. The number of rotatable bonds is 5. The van der Waals surface area contributed by atoms with Gasteiger partial charge in [-0.3, -0.25) is 4.79 Å². The molecule has 0 unspecified atom stereocenters. The molecule has 4 rings (SSSR count). The van der Waals surface area contributed by atoms with Crippen LogP contribution in [0.15, 0.2) is 54.1 Å². The molecule has 1 aliphatic carbocycles. The first-order chi connectivity index (χ1) is 16.1. The summed E-state index contributed by atoms with van der Waals surface area (Å²) in [7, 11) is 0. The Morgan fingerprint density at radius 2 is 1.56 bits per heavy atom. The molecule has 1 atom stereocenters. The van der Waals surface area contributed by atoms with Crippen molar-refractivity contribution in [3.63, 3.8) is 0 Å². The molecular formula is C28H34N2O4. The normalized spacial score (nSPS) is 15.4. The van der Waals surface area contributed by atoms with E-state index in [2.05, 4.69) is 66.0 Å². The molecule has 1 heterocycles. The number of fused-ring (bicyclic) bond motifs is 2. The van der Waals surface area contributed by atoms with E-state index in [9.17, 15) is 14.7 Å². The van der Waals surface area contributed by atoms with Gasteiger partial charge in [-0.15, -0.1) is 0 Å². The molecule has 0 aromatic heterocycles. The third kappa shape index (κ3) is 5.57. The fraction of sp³-hybridized carbons (Fsp3) is 0.357. The lowest BCUT2D eigenvalue weighted by molar-refractivity contribution is -0.132. The number of alkyl carbamates (subject to hydrolysis) is 1. The summed E-state index contributed by atoms with van der Waals surface area (Å²) in [5, 5.41) is 12.1. The monoisotopic (exact) mass is 462 g/mol. The zero-order chi connectivity index (χ0) is 23.2. The van der Waals surface area contributed by atoms with Gasteiger partial charge in [0.2, 0.25) is 5.91 Å². The number of carbonyl (C=O) groups excluding carboxylic acids is 2. The number of piperidine rings is 1. The molecule has 0 spiro atoms. The fourth-order valence-corrected chi connectivity index (χ4v) is 4.56. The topological polar surface area (TPSA) is 78.9 Å². The van der Waals surface area contributed by atoms with Crippen molar-refractivity contribution in [3.05, 3.63) is 76.4 Å². The van der Waals surface area contributed by atoms with E-state index in [1.54, 1.807) is 6.92 Å². The molecule has 180 valence electrons. The van der Waals surface area contributed by atoms with Gasteiger partial charge in [0.25, 0.3) is 0 Å². The van der Waals surface area contributed by atoms with Crippen molar-refractivity contribution >= 4 is 29.7 Å². The van der Waals surface area contributed by atoms with Crippen LogP contribution in [0.5, 0.6) is 0 Å². The fourth-order valence-electron chi connectivity index (χ4n) is 4.56. The lowest BCUT2D eigenvalue weighted by atomic mass is 9.86. The molecule has 2 aliphatic rings. The summed E-state index contributed by atoms with van der Waals surface area (Å²) in [5.41, 5.74) is 7.48. The van der Waals surface area contributed by atoms with E-state index in [1.807, 2.05) is 4.90 Å². The minimum Gasteiger partial charge on any atom is -0.450 e. The second kappa shape index (κ2) is 11.7. The zero-order valence-corrected chi connectivity index (χ0v) is 18.9. The number of ether oxygens (including phenoxy) is 1. The molecule has 0 radical (unpaired) electrons. The van der Waals surface area contributed by atoms with Crippen molar-refractivity contribution in [3.8, 4) is 0 Å². The van der Waals surface area contributed by atoms with Crippen LogP contribution < -0.4 is 5.32 Å². The summed E-state index contributed by atoms with van der Waals surface area (Å²) in [6, 6.07) is 16.3. The van der Waals surface area contributed by atoms with Crippen LogP contribution in [-0.4, -0.2) is 54.4 Å². The van der Waals surface area contributed by atoms with E-state index in [4.69, 9.17) is 4.74 Å². The van der Waals surface area contributed by atoms with Gasteiger partial charge >= 0.3 is 6.09 Å². The Kier molecular flexibility index (Phi) is 8.66. The number of nitrogens with zero attached hydrogens (tertiary/aromatic N) is 1. The minimum absolute atomic E-state index is 0. The maximum Gasteiger partial charge on any atom is 0.407 e. The van der Waals surface area contributed by atoms with Crippen molar-refractivity contribution in [2.45, 2.75) is 39.7 Å². The van der Waals surface area contributed by atoms with E-state index in [-0.39, 0.29) is 33.0 Å². The van der Waals surface area contributed by atoms with Gasteiger partial charge in [0, 0.05) is 19.5 Å². The van der Waals surface area contributed by atoms with Crippen LogP contribution in [-0.2, 0) is 9.53 Å². The Morgan fingerprint density at radius 3 is 2.09 bits per heavy atom. The lowest BCUT2D eigenvalue weighted by Crippen LogP contribution is -2.44. The Bertz CT molecular complexity index is 1030. The molecule has 6 heteroatoms. The third-order valence-electron chi connectivity index (χ3n) is 6.21. The van der Waals surface area contributed by atoms with Crippen molar-refractivity contribution in [2.24, 2.45) is 0 Å². The van der Waals surface area contributed by atoms with Crippen molar-refractivity contribution in [1.29, 1.82) is 0 Å². The summed E-state index contributed by atoms with van der Waals surface area (Å²) < 4.78 is 4.85. The highest BCUT2D eigenvalue weighted by molar-refractivity contribution is 5.95. The summed E-state index contributed by atoms with van der Waals surface area (Å²) in [4.78, 5) is 26.3. The summed E-state index contributed by atoms with van der Waals surface area (Å²) >= 11 is 0. The first-order valence-electron chi connectivity index (χ1n) is 11.5. The largest absolute Gasteiger partial charge is 0.450 e. The number of likely N-dealkylation sites (tertiary alicyclic amines) is 1. The Labute approximate surface area is 201 Å². The first-order valence-corrected chi connectivity index (χ1v) is 11.5. The number of aliphatic hydroxyl groups is 1. The molecule has 1 aliphatic heterocycles. The summed E-state index contributed by atoms with van der Waals surface area (Å²) in [6.45, 7) is 2.87. The molecule has 34 heavy (non-hydrogen) atoms. The van der Waals surface area contributed by atoms with Crippen LogP contribution >= 0.6 is 0 Å². The number of benzene rings is 2. The summed E-state index contributed by atoms with van der Waals surface area (Å²) in [5.74, 6) is -0.0711. The molecule has 2 N–H and O–H groups in total. The van der Waals surface area contributed by atoms with Gasteiger partial charge in [0.15, 0.2) is 0 Å².